The molecular formula is C26H30N2O6S. The number of methoxy groups -OCH3 is 1. The number of nitrogens with zero attached hydrogens (tertiary/aromatic N) is 2. The minimum Gasteiger partial charge on any atom is -0.495 e. The maximum absolute atomic E-state index is 13.1. The summed E-state index contributed by atoms with van der Waals surface area (Å²) in [5.74, 6) is -0.576. The third kappa shape index (κ3) is 5.40. The van der Waals surface area contributed by atoms with Gasteiger partial charge in [0.05, 0.1) is 23.3 Å². The quantitative estimate of drug-likeness (QED) is 0.304. The molecule has 8 nitrogen and oxygen atoms in total. The van der Waals surface area contributed by atoms with E-state index in [1.54, 1.807) is 30.3 Å². The first-order chi connectivity index (χ1) is 16.6. The highest BCUT2D eigenvalue weighted by molar-refractivity contribution is 7.92. The second kappa shape index (κ2) is 10.8. The molecule has 0 fully saturated rings. The van der Waals surface area contributed by atoms with Crippen LogP contribution < -0.4 is 9.04 Å². The number of esters is 1. The van der Waals surface area contributed by atoms with Crippen LogP contribution in [0.2, 0.25) is 0 Å². The second-order valence-electron chi connectivity index (χ2n) is 8.10. The van der Waals surface area contributed by atoms with Gasteiger partial charge in [0.15, 0.2) is 6.61 Å². The molecule has 0 N–H and O–H groups in total. The van der Waals surface area contributed by atoms with Crippen molar-refractivity contribution in [3.63, 3.8) is 0 Å². The fourth-order valence-corrected chi connectivity index (χ4v) is 5.09. The van der Waals surface area contributed by atoms with Gasteiger partial charge in [0.25, 0.3) is 10.0 Å². The number of rotatable bonds is 10. The van der Waals surface area contributed by atoms with Gasteiger partial charge < -0.3 is 14.0 Å². The van der Waals surface area contributed by atoms with Crippen LogP contribution in [-0.2, 0) is 21.3 Å². The lowest BCUT2D eigenvalue weighted by Gasteiger charge is -2.21. The molecule has 1 aromatic heterocycles. The van der Waals surface area contributed by atoms with Gasteiger partial charge in [-0.3, -0.25) is 9.10 Å². The Hall–Kier alpha value is -3.59. The van der Waals surface area contributed by atoms with Crippen LogP contribution in [0.15, 0.2) is 59.5 Å². The summed E-state index contributed by atoms with van der Waals surface area (Å²) in [6.07, 6.45) is 0.944. The zero-order valence-corrected chi connectivity index (χ0v) is 21.4. The van der Waals surface area contributed by atoms with Crippen LogP contribution in [0.4, 0.5) is 5.69 Å². The van der Waals surface area contributed by atoms with Gasteiger partial charge in [-0.15, -0.1) is 0 Å². The largest absolute Gasteiger partial charge is 0.495 e. The molecule has 0 spiro atoms. The van der Waals surface area contributed by atoms with E-state index >= 15 is 0 Å². The maximum atomic E-state index is 13.1. The van der Waals surface area contributed by atoms with E-state index in [4.69, 9.17) is 9.47 Å². The van der Waals surface area contributed by atoms with Crippen LogP contribution in [0.3, 0.4) is 0 Å². The van der Waals surface area contributed by atoms with Gasteiger partial charge in [-0.2, -0.15) is 0 Å². The number of Topliss-reactive ketones (excluding diaryl/α,β-unsaturated/α-hetero) is 1. The third-order valence-corrected chi connectivity index (χ3v) is 7.61. The standard InChI is InChI=1S/C26H30N2O6S/c1-6-15-28-18(2)16-22(19(28)3)24(29)17-34-26(30)20-11-13-21(14-12-20)35(31,32)27(4)23-9-7-8-10-25(23)33-5/h7-14,16H,6,15,17H2,1-5H3. The van der Waals surface area contributed by atoms with Crippen molar-refractivity contribution in [1.82, 2.24) is 4.57 Å². The molecule has 186 valence electrons. The number of sulfonamides is 1. The van der Waals surface area contributed by atoms with Gasteiger partial charge >= 0.3 is 5.97 Å². The predicted octanol–water partition coefficient (Wildman–Crippen LogP) is 4.39. The molecule has 0 radical (unpaired) electrons. The van der Waals surface area contributed by atoms with E-state index in [-0.39, 0.29) is 16.2 Å². The Balaban J connectivity index is 1.70. The number of benzene rings is 2. The van der Waals surface area contributed by atoms with Gasteiger partial charge in [-0.05, 0) is 62.7 Å². The van der Waals surface area contributed by atoms with Gasteiger partial charge in [0.2, 0.25) is 5.78 Å². The van der Waals surface area contributed by atoms with Crippen molar-refractivity contribution >= 4 is 27.5 Å². The maximum Gasteiger partial charge on any atom is 0.338 e. The monoisotopic (exact) mass is 498 g/mol. The lowest BCUT2D eigenvalue weighted by molar-refractivity contribution is 0.0474. The molecule has 0 atom stereocenters. The molecular weight excluding hydrogens is 468 g/mol. The zero-order valence-electron chi connectivity index (χ0n) is 20.6. The molecule has 0 aliphatic carbocycles. The molecule has 0 saturated carbocycles. The van der Waals surface area contributed by atoms with E-state index in [1.807, 2.05) is 13.8 Å². The lowest BCUT2D eigenvalue weighted by Crippen LogP contribution is -2.27. The lowest BCUT2D eigenvalue weighted by atomic mass is 10.1. The Kier molecular flexibility index (Phi) is 8.01. The summed E-state index contributed by atoms with van der Waals surface area (Å²) in [5, 5.41) is 0. The van der Waals surface area contributed by atoms with Gasteiger partial charge in [0.1, 0.15) is 5.75 Å². The summed E-state index contributed by atoms with van der Waals surface area (Å²) >= 11 is 0. The first kappa shape index (κ1) is 26.0. The first-order valence-electron chi connectivity index (χ1n) is 11.2. The Bertz CT molecular complexity index is 1330. The molecule has 0 bridgehead atoms. The molecule has 3 rings (SSSR count). The van der Waals surface area contributed by atoms with E-state index in [1.165, 1.54) is 38.4 Å². The number of para-hydroxylation sites is 2. The summed E-state index contributed by atoms with van der Waals surface area (Å²) in [7, 11) is -1.00. The highest BCUT2D eigenvalue weighted by Crippen LogP contribution is 2.31. The minimum absolute atomic E-state index is 0.00176. The number of aromatic nitrogens is 1. The smallest absolute Gasteiger partial charge is 0.338 e. The summed E-state index contributed by atoms with van der Waals surface area (Å²) < 4.78 is 39.8. The van der Waals surface area contributed by atoms with E-state index in [0.29, 0.717) is 17.0 Å². The number of carbonyl (C=O) groups excluding carboxylic acids is 2. The van der Waals surface area contributed by atoms with Crippen molar-refractivity contribution in [3.8, 4) is 5.75 Å². The van der Waals surface area contributed by atoms with Crippen molar-refractivity contribution in [3.05, 3.63) is 77.1 Å². The molecule has 1 heterocycles. The van der Waals surface area contributed by atoms with Crippen molar-refractivity contribution in [1.29, 1.82) is 0 Å². The van der Waals surface area contributed by atoms with E-state index in [0.717, 1.165) is 28.7 Å². The van der Waals surface area contributed by atoms with Gasteiger partial charge in [-0.25, -0.2) is 13.2 Å². The second-order valence-corrected chi connectivity index (χ2v) is 10.1. The zero-order chi connectivity index (χ0) is 25.8. The van der Waals surface area contributed by atoms with Crippen molar-refractivity contribution in [2.75, 3.05) is 25.1 Å². The number of hydrogen-bond donors (Lipinski definition) is 0. The van der Waals surface area contributed by atoms with Gasteiger partial charge in [0, 0.05) is 30.5 Å². The molecule has 0 saturated heterocycles. The highest BCUT2D eigenvalue weighted by atomic mass is 32.2. The first-order valence-corrected chi connectivity index (χ1v) is 12.6. The van der Waals surface area contributed by atoms with Crippen LogP contribution in [0, 0.1) is 13.8 Å². The van der Waals surface area contributed by atoms with Crippen LogP contribution in [-0.4, -0.2) is 45.5 Å². The predicted molar refractivity (Wildman–Crippen MR) is 134 cm³/mol. The SMILES string of the molecule is CCCn1c(C)cc(C(=O)COC(=O)c2ccc(S(=O)(=O)N(C)c3ccccc3OC)cc2)c1C. The number of aryl methyl sites for hydroxylation is 1. The molecule has 35 heavy (non-hydrogen) atoms. The van der Waals surface area contributed by atoms with Crippen LogP contribution >= 0.6 is 0 Å². The summed E-state index contributed by atoms with van der Waals surface area (Å²) in [5.41, 5.74) is 2.89. The summed E-state index contributed by atoms with van der Waals surface area (Å²) in [6, 6.07) is 14.0. The van der Waals surface area contributed by atoms with E-state index < -0.39 is 22.6 Å². The number of ether oxygens (including phenoxy) is 2. The fraction of sp³-hybridized carbons (Fsp3) is 0.308. The number of ketones is 1. The number of carbonyl (C=O) groups is 2. The fourth-order valence-electron chi connectivity index (χ4n) is 3.88. The number of anilines is 1. The molecule has 0 amide bonds. The Morgan fingerprint density at radius 3 is 2.31 bits per heavy atom. The van der Waals surface area contributed by atoms with Crippen molar-refractivity contribution in [2.24, 2.45) is 0 Å². The Labute approximate surface area is 206 Å². The van der Waals surface area contributed by atoms with Crippen LogP contribution in [0.5, 0.6) is 5.75 Å². The third-order valence-electron chi connectivity index (χ3n) is 5.83. The molecule has 0 unspecified atom stereocenters. The summed E-state index contributed by atoms with van der Waals surface area (Å²) in [6.45, 7) is 6.29. The number of hydrogen-bond acceptors (Lipinski definition) is 6. The average Bonchev–Trinajstić information content (AvgIpc) is 3.15. The Morgan fingerprint density at radius 1 is 1.03 bits per heavy atom. The molecule has 9 heteroatoms. The van der Waals surface area contributed by atoms with Crippen molar-refractivity contribution < 1.29 is 27.5 Å². The highest BCUT2D eigenvalue weighted by Gasteiger charge is 2.24. The minimum atomic E-state index is -3.90. The molecule has 3 aromatic rings. The van der Waals surface area contributed by atoms with E-state index in [9.17, 15) is 18.0 Å². The van der Waals surface area contributed by atoms with E-state index in [2.05, 4.69) is 11.5 Å². The van der Waals surface area contributed by atoms with Gasteiger partial charge in [-0.1, -0.05) is 19.1 Å². The summed E-state index contributed by atoms with van der Waals surface area (Å²) in [4.78, 5) is 25.1. The topological polar surface area (TPSA) is 94.9 Å². The van der Waals surface area contributed by atoms with Crippen LogP contribution in [0.25, 0.3) is 0 Å². The van der Waals surface area contributed by atoms with Crippen LogP contribution in [0.1, 0.15) is 45.4 Å². The average molecular weight is 499 g/mol. The van der Waals surface area contributed by atoms with Crippen molar-refractivity contribution in [2.45, 2.75) is 38.6 Å². The molecule has 0 aliphatic rings. The molecule has 0 aliphatic heterocycles. The normalized spacial score (nSPS) is 11.2. The Morgan fingerprint density at radius 2 is 1.69 bits per heavy atom. The molecule has 2 aromatic carbocycles.